The molecule has 0 bridgehead atoms. The van der Waals surface area contributed by atoms with Crippen molar-refractivity contribution in [2.45, 2.75) is 32.9 Å². The Kier molecular flexibility index (Phi) is 3.94. The van der Waals surface area contributed by atoms with Gasteiger partial charge in [-0.05, 0) is 31.0 Å². The molecule has 0 fully saturated rings. The van der Waals surface area contributed by atoms with E-state index in [1.807, 2.05) is 12.1 Å². The van der Waals surface area contributed by atoms with E-state index in [9.17, 15) is 5.11 Å². The van der Waals surface area contributed by atoms with Crippen LogP contribution < -0.4 is 5.32 Å². The molecule has 2 rings (SSSR count). The Labute approximate surface area is 106 Å². The third-order valence-corrected chi connectivity index (χ3v) is 2.77. The molecule has 0 spiro atoms. The Balaban J connectivity index is 1.99. The van der Waals surface area contributed by atoms with E-state index in [2.05, 4.69) is 22.4 Å². The smallest absolute Gasteiger partial charge is 0.240 e. The molecular weight excluding hydrogens is 230 g/mol. The van der Waals surface area contributed by atoms with E-state index in [1.165, 1.54) is 0 Å². The minimum Gasteiger partial charge on any atom is -0.508 e. The highest BCUT2D eigenvalue weighted by Gasteiger charge is 2.10. The molecule has 18 heavy (non-hydrogen) atoms. The van der Waals surface area contributed by atoms with Crippen LogP contribution in [0.4, 0.5) is 0 Å². The molecule has 1 atom stereocenters. The van der Waals surface area contributed by atoms with Crippen LogP contribution in [0.1, 0.15) is 36.7 Å². The maximum Gasteiger partial charge on any atom is 0.240 e. The minimum absolute atomic E-state index is 0.206. The monoisotopic (exact) mass is 247 g/mol. The van der Waals surface area contributed by atoms with E-state index in [-0.39, 0.29) is 11.8 Å². The van der Waals surface area contributed by atoms with Gasteiger partial charge in [-0.25, -0.2) is 0 Å². The first-order valence-electron chi connectivity index (χ1n) is 6.00. The molecule has 0 aliphatic carbocycles. The largest absolute Gasteiger partial charge is 0.508 e. The second kappa shape index (κ2) is 5.64. The number of nitrogens with one attached hydrogen (secondary N) is 1. The number of aromatic nitrogens is 2. The molecular formula is C13H17N3O2. The normalized spacial score (nSPS) is 12.6. The van der Waals surface area contributed by atoms with Crippen LogP contribution in [0.25, 0.3) is 0 Å². The van der Waals surface area contributed by atoms with Gasteiger partial charge in [0.1, 0.15) is 5.75 Å². The summed E-state index contributed by atoms with van der Waals surface area (Å²) in [6.45, 7) is 4.44. The van der Waals surface area contributed by atoms with Crippen LogP contribution in [-0.2, 0) is 6.54 Å². The molecule has 0 saturated heterocycles. The van der Waals surface area contributed by atoms with E-state index >= 15 is 0 Å². The van der Waals surface area contributed by atoms with Gasteiger partial charge in [-0.2, -0.15) is 4.98 Å². The lowest BCUT2D eigenvalue weighted by Gasteiger charge is -2.16. The summed E-state index contributed by atoms with van der Waals surface area (Å²) in [7, 11) is 0. The Hall–Kier alpha value is -1.88. The molecule has 2 N–H and O–H groups in total. The van der Waals surface area contributed by atoms with E-state index in [0.717, 1.165) is 12.0 Å². The van der Waals surface area contributed by atoms with Crippen LogP contribution >= 0.6 is 0 Å². The lowest BCUT2D eigenvalue weighted by molar-refractivity contribution is 0.353. The SMILES string of the molecule is CCC(NCc1nc(C)no1)c1ccc(O)cc1. The summed E-state index contributed by atoms with van der Waals surface area (Å²) in [6, 6.07) is 7.41. The third kappa shape index (κ3) is 3.07. The molecule has 96 valence electrons. The lowest BCUT2D eigenvalue weighted by atomic mass is 10.0. The van der Waals surface area contributed by atoms with Crippen LogP contribution in [0.3, 0.4) is 0 Å². The highest BCUT2D eigenvalue weighted by Crippen LogP contribution is 2.19. The summed E-state index contributed by atoms with van der Waals surface area (Å²) in [5.74, 6) is 1.51. The summed E-state index contributed by atoms with van der Waals surface area (Å²) in [5.41, 5.74) is 1.13. The second-order valence-corrected chi connectivity index (χ2v) is 4.17. The van der Waals surface area contributed by atoms with Crippen LogP contribution in [0.5, 0.6) is 5.75 Å². The molecule has 1 unspecified atom stereocenters. The molecule has 2 aromatic rings. The number of phenols is 1. The zero-order valence-corrected chi connectivity index (χ0v) is 10.6. The lowest BCUT2D eigenvalue weighted by Crippen LogP contribution is -2.20. The highest BCUT2D eigenvalue weighted by molar-refractivity contribution is 5.27. The van der Waals surface area contributed by atoms with Gasteiger partial charge in [0.15, 0.2) is 5.82 Å². The van der Waals surface area contributed by atoms with Gasteiger partial charge in [0.25, 0.3) is 0 Å². The van der Waals surface area contributed by atoms with Crippen LogP contribution in [0.15, 0.2) is 28.8 Å². The molecule has 0 aliphatic rings. The summed E-state index contributed by atoms with van der Waals surface area (Å²) in [6.07, 6.45) is 0.942. The number of phenolic OH excluding ortho intramolecular Hbond substituents is 1. The Bertz CT molecular complexity index is 493. The fourth-order valence-electron chi connectivity index (χ4n) is 1.83. The predicted octanol–water partition coefficient (Wildman–Crippen LogP) is 2.32. The fraction of sp³-hybridized carbons (Fsp3) is 0.385. The predicted molar refractivity (Wildman–Crippen MR) is 67.0 cm³/mol. The van der Waals surface area contributed by atoms with Gasteiger partial charge in [0.05, 0.1) is 6.54 Å². The van der Waals surface area contributed by atoms with Crippen molar-refractivity contribution in [3.8, 4) is 5.75 Å². The molecule has 5 nitrogen and oxygen atoms in total. The summed E-state index contributed by atoms with van der Waals surface area (Å²) >= 11 is 0. The van der Waals surface area contributed by atoms with Crippen molar-refractivity contribution in [1.29, 1.82) is 0 Å². The van der Waals surface area contributed by atoms with Crippen molar-refractivity contribution in [3.05, 3.63) is 41.5 Å². The van der Waals surface area contributed by atoms with Gasteiger partial charge in [0.2, 0.25) is 5.89 Å². The van der Waals surface area contributed by atoms with Crippen molar-refractivity contribution >= 4 is 0 Å². The van der Waals surface area contributed by atoms with Gasteiger partial charge in [-0.15, -0.1) is 0 Å². The van der Waals surface area contributed by atoms with E-state index < -0.39 is 0 Å². The topological polar surface area (TPSA) is 71.2 Å². The number of benzene rings is 1. The van der Waals surface area contributed by atoms with Crippen LogP contribution in [0.2, 0.25) is 0 Å². The maximum absolute atomic E-state index is 9.27. The van der Waals surface area contributed by atoms with Gasteiger partial charge >= 0.3 is 0 Å². The van der Waals surface area contributed by atoms with Crippen molar-refractivity contribution in [2.75, 3.05) is 0 Å². The number of nitrogens with zero attached hydrogens (tertiary/aromatic N) is 2. The molecule has 0 amide bonds. The molecule has 1 heterocycles. The molecule has 1 aromatic carbocycles. The van der Waals surface area contributed by atoms with Gasteiger partial charge in [-0.1, -0.05) is 24.2 Å². The van der Waals surface area contributed by atoms with Crippen LogP contribution in [0, 0.1) is 6.92 Å². The quantitative estimate of drug-likeness (QED) is 0.848. The average molecular weight is 247 g/mol. The maximum atomic E-state index is 9.27. The Morgan fingerprint density at radius 2 is 2.06 bits per heavy atom. The minimum atomic E-state index is 0.206. The van der Waals surface area contributed by atoms with E-state index in [4.69, 9.17) is 4.52 Å². The number of aromatic hydroxyl groups is 1. The molecule has 0 radical (unpaired) electrons. The van der Waals surface area contributed by atoms with E-state index in [1.54, 1.807) is 19.1 Å². The van der Waals surface area contributed by atoms with Crippen LogP contribution in [-0.4, -0.2) is 15.2 Å². The van der Waals surface area contributed by atoms with Crippen molar-refractivity contribution in [1.82, 2.24) is 15.5 Å². The first-order valence-corrected chi connectivity index (χ1v) is 6.00. The summed E-state index contributed by atoms with van der Waals surface area (Å²) in [4.78, 5) is 4.14. The first-order chi connectivity index (χ1) is 8.69. The van der Waals surface area contributed by atoms with Gasteiger partial charge < -0.3 is 14.9 Å². The first kappa shape index (κ1) is 12.6. The average Bonchev–Trinajstić information content (AvgIpc) is 2.78. The molecule has 0 saturated carbocycles. The van der Waals surface area contributed by atoms with E-state index in [0.29, 0.717) is 18.3 Å². The fourth-order valence-corrected chi connectivity index (χ4v) is 1.83. The zero-order valence-electron chi connectivity index (χ0n) is 10.6. The number of aryl methyl sites for hydroxylation is 1. The molecule has 0 aliphatic heterocycles. The Morgan fingerprint density at radius 3 is 2.61 bits per heavy atom. The van der Waals surface area contributed by atoms with Crippen molar-refractivity contribution < 1.29 is 9.63 Å². The number of hydrogen-bond acceptors (Lipinski definition) is 5. The third-order valence-electron chi connectivity index (χ3n) is 2.77. The summed E-state index contributed by atoms with van der Waals surface area (Å²) in [5, 5.41) is 16.4. The van der Waals surface area contributed by atoms with Gasteiger partial charge in [0, 0.05) is 6.04 Å². The second-order valence-electron chi connectivity index (χ2n) is 4.17. The van der Waals surface area contributed by atoms with Gasteiger partial charge in [-0.3, -0.25) is 0 Å². The number of hydrogen-bond donors (Lipinski definition) is 2. The van der Waals surface area contributed by atoms with Crippen molar-refractivity contribution in [2.24, 2.45) is 0 Å². The van der Waals surface area contributed by atoms with Crippen molar-refractivity contribution in [3.63, 3.8) is 0 Å². The standard InChI is InChI=1S/C13H17N3O2/c1-3-12(10-4-6-11(17)7-5-10)14-8-13-15-9(2)16-18-13/h4-7,12,14,17H,3,8H2,1-2H3. The zero-order chi connectivity index (χ0) is 13.0. The molecule has 5 heteroatoms. The Morgan fingerprint density at radius 1 is 1.33 bits per heavy atom. The highest BCUT2D eigenvalue weighted by atomic mass is 16.5. The number of rotatable bonds is 5. The summed E-state index contributed by atoms with van der Waals surface area (Å²) < 4.78 is 5.05. The molecule has 1 aromatic heterocycles.